The van der Waals surface area contributed by atoms with Crippen LogP contribution in [0.1, 0.15) is 77.6 Å². The van der Waals surface area contributed by atoms with E-state index in [4.69, 9.17) is 18.9 Å². The lowest BCUT2D eigenvalue weighted by Gasteiger charge is -2.25. The van der Waals surface area contributed by atoms with E-state index in [1.165, 1.54) is 21.0 Å². The Morgan fingerprint density at radius 1 is 1.16 bits per heavy atom. The van der Waals surface area contributed by atoms with E-state index < -0.39 is 18.0 Å². The zero-order valence-corrected chi connectivity index (χ0v) is 19.2. The van der Waals surface area contributed by atoms with E-state index in [0.717, 1.165) is 5.56 Å². The number of fused-ring (bicyclic) bond motifs is 2. The lowest BCUT2D eigenvalue weighted by molar-refractivity contribution is -0.147. The van der Waals surface area contributed by atoms with E-state index in [1.54, 1.807) is 12.1 Å². The zero-order chi connectivity index (χ0) is 23.6. The average Bonchev–Trinajstić information content (AvgIpc) is 2.70. The molecule has 0 fully saturated rings. The standard InChI is InChI=1S/C25H28O7/c1-13(2)9-20(31-16(5)27)18-7-8-19-23(22(18)15(4)26)25(28)30-12-17-10-14(3)11-21(29-6)24(17)32-19/h7-8,10-11,13,20H,9,12H2,1-6H3. The summed E-state index contributed by atoms with van der Waals surface area (Å²) in [6.45, 7) is 8.52. The fourth-order valence-corrected chi connectivity index (χ4v) is 3.91. The Bertz CT molecular complexity index is 1070. The topological polar surface area (TPSA) is 88.1 Å². The van der Waals surface area contributed by atoms with Crippen molar-refractivity contribution < 1.29 is 33.3 Å². The van der Waals surface area contributed by atoms with Crippen LogP contribution in [0.15, 0.2) is 24.3 Å². The first-order valence-corrected chi connectivity index (χ1v) is 10.5. The van der Waals surface area contributed by atoms with E-state index in [9.17, 15) is 14.4 Å². The van der Waals surface area contributed by atoms with E-state index in [0.29, 0.717) is 29.0 Å². The fourth-order valence-electron chi connectivity index (χ4n) is 3.91. The van der Waals surface area contributed by atoms with Gasteiger partial charge in [-0.15, -0.1) is 0 Å². The number of cyclic esters (lactones) is 1. The van der Waals surface area contributed by atoms with Gasteiger partial charge in [0.15, 0.2) is 17.3 Å². The highest BCUT2D eigenvalue weighted by Gasteiger charge is 2.32. The molecule has 170 valence electrons. The second-order valence-electron chi connectivity index (χ2n) is 8.32. The van der Waals surface area contributed by atoms with Gasteiger partial charge in [-0.05, 0) is 49.9 Å². The minimum atomic E-state index is -0.681. The number of ether oxygens (including phenoxy) is 4. The van der Waals surface area contributed by atoms with Gasteiger partial charge in [0.2, 0.25) is 0 Å². The molecular weight excluding hydrogens is 412 g/mol. The first-order valence-electron chi connectivity index (χ1n) is 10.5. The molecule has 32 heavy (non-hydrogen) atoms. The fraction of sp³-hybridized carbons (Fsp3) is 0.400. The number of aryl methyl sites for hydroxylation is 1. The first kappa shape index (κ1) is 23.3. The molecule has 0 aliphatic carbocycles. The molecular formula is C25H28O7. The van der Waals surface area contributed by atoms with Gasteiger partial charge in [-0.1, -0.05) is 19.9 Å². The smallest absolute Gasteiger partial charge is 0.343 e. The number of carbonyl (C=O) groups is 3. The normalized spacial score (nSPS) is 13.7. The van der Waals surface area contributed by atoms with Crippen LogP contribution in [-0.2, 0) is 20.9 Å². The molecule has 1 aliphatic heterocycles. The predicted molar refractivity (Wildman–Crippen MR) is 117 cm³/mol. The number of hydrogen-bond donors (Lipinski definition) is 0. The quantitative estimate of drug-likeness (QED) is 0.444. The Kier molecular flexibility index (Phi) is 6.87. The maximum atomic E-state index is 13.1. The van der Waals surface area contributed by atoms with Gasteiger partial charge in [-0.3, -0.25) is 9.59 Å². The molecule has 0 aromatic heterocycles. The molecule has 0 spiro atoms. The summed E-state index contributed by atoms with van der Waals surface area (Å²) >= 11 is 0. The molecule has 3 rings (SSSR count). The average molecular weight is 440 g/mol. The monoisotopic (exact) mass is 440 g/mol. The van der Waals surface area contributed by atoms with Crippen molar-refractivity contribution in [3.63, 3.8) is 0 Å². The van der Waals surface area contributed by atoms with E-state index in [-0.39, 0.29) is 35.2 Å². The van der Waals surface area contributed by atoms with E-state index in [2.05, 4.69) is 0 Å². The van der Waals surface area contributed by atoms with Gasteiger partial charge in [-0.25, -0.2) is 4.79 Å². The Labute approximate surface area is 187 Å². The highest BCUT2D eigenvalue weighted by Crippen LogP contribution is 2.42. The molecule has 0 saturated heterocycles. The zero-order valence-electron chi connectivity index (χ0n) is 19.2. The third kappa shape index (κ3) is 4.77. The molecule has 1 unspecified atom stereocenters. The van der Waals surface area contributed by atoms with Gasteiger partial charge in [0.25, 0.3) is 0 Å². The minimum absolute atomic E-state index is 0.0178. The number of esters is 2. The molecule has 0 N–H and O–H groups in total. The van der Waals surface area contributed by atoms with E-state index >= 15 is 0 Å². The van der Waals surface area contributed by atoms with Crippen LogP contribution in [0.25, 0.3) is 0 Å². The van der Waals surface area contributed by atoms with Crippen molar-refractivity contribution in [1.82, 2.24) is 0 Å². The summed E-state index contributed by atoms with van der Waals surface area (Å²) in [5.41, 5.74) is 2.20. The van der Waals surface area contributed by atoms with Gasteiger partial charge in [-0.2, -0.15) is 0 Å². The Hall–Kier alpha value is -3.35. The number of rotatable bonds is 6. The second-order valence-corrected chi connectivity index (χ2v) is 8.32. The van der Waals surface area contributed by atoms with Gasteiger partial charge < -0.3 is 18.9 Å². The maximum absolute atomic E-state index is 13.1. The molecule has 1 atom stereocenters. The third-order valence-electron chi connectivity index (χ3n) is 5.16. The lowest BCUT2D eigenvalue weighted by Crippen LogP contribution is -2.20. The predicted octanol–water partition coefficient (Wildman–Crippen LogP) is 5.32. The van der Waals surface area contributed by atoms with Crippen molar-refractivity contribution in [3.8, 4) is 17.2 Å². The van der Waals surface area contributed by atoms with Crippen molar-refractivity contribution in [2.24, 2.45) is 5.92 Å². The molecule has 7 nitrogen and oxygen atoms in total. The number of methoxy groups -OCH3 is 1. The van der Waals surface area contributed by atoms with Crippen LogP contribution in [0.3, 0.4) is 0 Å². The SMILES string of the molecule is COc1cc(C)cc2c1Oc1ccc(C(CC(C)C)OC(C)=O)c(C(C)=O)c1C(=O)OC2. The molecule has 7 heteroatoms. The van der Waals surface area contributed by atoms with Crippen molar-refractivity contribution in [1.29, 1.82) is 0 Å². The first-order chi connectivity index (χ1) is 15.1. The van der Waals surface area contributed by atoms with Crippen LogP contribution in [0.4, 0.5) is 0 Å². The van der Waals surface area contributed by atoms with Crippen molar-refractivity contribution >= 4 is 17.7 Å². The molecule has 0 amide bonds. The maximum Gasteiger partial charge on any atom is 0.343 e. The highest BCUT2D eigenvalue weighted by atomic mass is 16.6. The highest BCUT2D eigenvalue weighted by molar-refractivity contribution is 6.08. The number of ketones is 1. The molecule has 1 aliphatic rings. The number of hydrogen-bond acceptors (Lipinski definition) is 7. The van der Waals surface area contributed by atoms with Crippen LogP contribution >= 0.6 is 0 Å². The number of Topliss-reactive ketones (excluding diaryl/α,β-unsaturated/α-hetero) is 1. The third-order valence-corrected chi connectivity index (χ3v) is 5.16. The number of benzene rings is 2. The summed E-state index contributed by atoms with van der Waals surface area (Å²) in [4.78, 5) is 37.5. The summed E-state index contributed by atoms with van der Waals surface area (Å²) < 4.78 is 22.7. The van der Waals surface area contributed by atoms with Crippen molar-refractivity contribution in [2.45, 2.75) is 53.8 Å². The minimum Gasteiger partial charge on any atom is -0.493 e. The summed E-state index contributed by atoms with van der Waals surface area (Å²) in [5.74, 6) is -0.214. The van der Waals surface area contributed by atoms with Gasteiger partial charge in [0, 0.05) is 23.6 Å². The summed E-state index contributed by atoms with van der Waals surface area (Å²) in [7, 11) is 1.53. The molecule has 0 saturated carbocycles. The van der Waals surface area contributed by atoms with Crippen molar-refractivity contribution in [3.05, 3.63) is 52.1 Å². The van der Waals surface area contributed by atoms with Crippen LogP contribution in [0.2, 0.25) is 0 Å². The molecule has 1 heterocycles. The molecule has 0 bridgehead atoms. The summed E-state index contributed by atoms with van der Waals surface area (Å²) in [6.07, 6.45) is -0.191. The number of carbonyl (C=O) groups excluding carboxylic acids is 3. The van der Waals surface area contributed by atoms with Crippen LogP contribution in [0.5, 0.6) is 17.2 Å². The van der Waals surface area contributed by atoms with Crippen molar-refractivity contribution in [2.75, 3.05) is 7.11 Å². The molecule has 2 aromatic carbocycles. The molecule has 0 radical (unpaired) electrons. The Morgan fingerprint density at radius 3 is 2.47 bits per heavy atom. The Morgan fingerprint density at radius 2 is 1.88 bits per heavy atom. The largest absolute Gasteiger partial charge is 0.493 e. The van der Waals surface area contributed by atoms with Crippen LogP contribution < -0.4 is 9.47 Å². The Balaban J connectivity index is 2.22. The summed E-state index contributed by atoms with van der Waals surface area (Å²) in [5, 5.41) is 0. The lowest BCUT2D eigenvalue weighted by atomic mass is 9.90. The van der Waals surface area contributed by atoms with Crippen LogP contribution in [0, 0.1) is 12.8 Å². The van der Waals surface area contributed by atoms with Gasteiger partial charge in [0.1, 0.15) is 24.0 Å². The van der Waals surface area contributed by atoms with E-state index in [1.807, 2.05) is 32.9 Å². The van der Waals surface area contributed by atoms with Gasteiger partial charge >= 0.3 is 11.9 Å². The molecule has 2 aromatic rings. The van der Waals surface area contributed by atoms with Gasteiger partial charge in [0.05, 0.1) is 7.11 Å². The second kappa shape index (κ2) is 9.42. The summed E-state index contributed by atoms with van der Waals surface area (Å²) in [6, 6.07) is 6.95. The van der Waals surface area contributed by atoms with Crippen LogP contribution in [-0.4, -0.2) is 24.8 Å².